The van der Waals surface area contributed by atoms with Gasteiger partial charge in [0.25, 0.3) is 0 Å². The van der Waals surface area contributed by atoms with E-state index in [1.165, 1.54) is 96.3 Å². The highest BCUT2D eigenvalue weighted by molar-refractivity contribution is 5.74. The van der Waals surface area contributed by atoms with Crippen LogP contribution in [0, 0.1) is 0 Å². The lowest BCUT2D eigenvalue weighted by Gasteiger charge is -2.40. The number of allylic oxidation sites excluding steroid dienone is 16. The van der Waals surface area contributed by atoms with Crippen LogP contribution in [0.2, 0.25) is 0 Å². The number of esters is 3. The van der Waals surface area contributed by atoms with Crippen molar-refractivity contribution < 1.29 is 58.2 Å². The SMILES string of the molecule is CC/C=C\C/C=C\C/C=C\C/C=C\C/C=C\CCCC(=O)OC1C(OCC(COC(=O)CCCCCCCCCCCCCCCCCCCCC)OC(=O)CCCCCCCCC/C=C\C/C=C\C/C=C\CC)OC(C(=O)O)C(O)C1O. The molecule has 1 fully saturated rings. The van der Waals surface area contributed by atoms with Gasteiger partial charge < -0.3 is 39.0 Å². The number of carboxylic acid groups (broad SMARTS) is 1. The molecule has 1 saturated heterocycles. The lowest BCUT2D eigenvalue weighted by atomic mass is 9.98. The Morgan fingerprint density at radius 1 is 0.410 bits per heavy atom. The summed E-state index contributed by atoms with van der Waals surface area (Å²) in [6, 6.07) is 0. The average molecular weight is 1160 g/mol. The molecule has 0 aromatic heterocycles. The monoisotopic (exact) mass is 1160 g/mol. The molecule has 1 heterocycles. The Hall–Kier alpha value is -4.36. The van der Waals surface area contributed by atoms with Crippen LogP contribution < -0.4 is 0 Å². The van der Waals surface area contributed by atoms with E-state index in [9.17, 15) is 34.5 Å². The highest BCUT2D eigenvalue weighted by atomic mass is 16.7. The van der Waals surface area contributed by atoms with E-state index in [-0.39, 0.29) is 25.9 Å². The van der Waals surface area contributed by atoms with Gasteiger partial charge in [0.1, 0.15) is 18.8 Å². The maximum Gasteiger partial charge on any atom is 0.335 e. The van der Waals surface area contributed by atoms with Crippen LogP contribution in [-0.2, 0) is 42.9 Å². The van der Waals surface area contributed by atoms with E-state index in [2.05, 4.69) is 106 Å². The van der Waals surface area contributed by atoms with Gasteiger partial charge in [-0.15, -0.1) is 0 Å². The van der Waals surface area contributed by atoms with Gasteiger partial charge in [-0.05, 0) is 89.9 Å². The molecular formula is C71H118O12. The number of aliphatic carboxylic acids is 1. The fourth-order valence-electron chi connectivity index (χ4n) is 9.65. The zero-order valence-corrected chi connectivity index (χ0v) is 52.4. The van der Waals surface area contributed by atoms with Crippen LogP contribution in [-0.4, -0.2) is 89.2 Å². The summed E-state index contributed by atoms with van der Waals surface area (Å²) in [5.41, 5.74) is 0. The number of carboxylic acids is 1. The summed E-state index contributed by atoms with van der Waals surface area (Å²) in [5, 5.41) is 31.6. The first-order chi connectivity index (χ1) is 40.6. The first-order valence-corrected chi connectivity index (χ1v) is 33.2. The van der Waals surface area contributed by atoms with Crippen LogP contribution in [0.15, 0.2) is 97.2 Å². The third-order valence-corrected chi connectivity index (χ3v) is 14.7. The van der Waals surface area contributed by atoms with Gasteiger partial charge >= 0.3 is 23.9 Å². The summed E-state index contributed by atoms with van der Waals surface area (Å²) in [5.74, 6) is -3.20. The molecule has 0 saturated carbocycles. The lowest BCUT2D eigenvalue weighted by molar-refractivity contribution is -0.301. The minimum absolute atomic E-state index is 0.0217. The van der Waals surface area contributed by atoms with Crippen molar-refractivity contribution >= 4 is 23.9 Å². The number of hydrogen-bond donors (Lipinski definition) is 3. The summed E-state index contributed by atoms with van der Waals surface area (Å²) in [4.78, 5) is 51.4. The van der Waals surface area contributed by atoms with E-state index >= 15 is 0 Å². The Kier molecular flexibility index (Phi) is 53.6. The van der Waals surface area contributed by atoms with Gasteiger partial charge in [-0.1, -0.05) is 266 Å². The number of ether oxygens (including phenoxy) is 5. The third kappa shape index (κ3) is 47.6. The number of carbonyl (C=O) groups excluding carboxylic acids is 3. The van der Waals surface area contributed by atoms with Crippen molar-refractivity contribution in [1.29, 1.82) is 0 Å². The molecule has 474 valence electrons. The molecule has 0 aromatic rings. The Morgan fingerprint density at radius 2 is 0.771 bits per heavy atom. The van der Waals surface area contributed by atoms with Crippen molar-refractivity contribution in [3.63, 3.8) is 0 Å². The second kappa shape index (κ2) is 58.0. The normalized spacial score (nSPS) is 18.2. The van der Waals surface area contributed by atoms with E-state index in [1.54, 1.807) is 0 Å². The molecule has 1 rings (SSSR count). The van der Waals surface area contributed by atoms with E-state index < -0.39 is 67.3 Å². The Morgan fingerprint density at radius 3 is 1.19 bits per heavy atom. The van der Waals surface area contributed by atoms with Crippen LogP contribution in [0.25, 0.3) is 0 Å². The lowest BCUT2D eigenvalue weighted by Crippen LogP contribution is -2.61. The molecule has 12 nitrogen and oxygen atoms in total. The maximum absolute atomic E-state index is 13.2. The summed E-state index contributed by atoms with van der Waals surface area (Å²) in [7, 11) is 0. The highest BCUT2D eigenvalue weighted by Crippen LogP contribution is 2.26. The zero-order valence-electron chi connectivity index (χ0n) is 52.4. The summed E-state index contributed by atoms with van der Waals surface area (Å²) in [6.45, 7) is 5.77. The van der Waals surface area contributed by atoms with Crippen LogP contribution in [0.4, 0.5) is 0 Å². The standard InChI is InChI=1S/C71H118O12/c1-4-7-10-13-16-19-22-25-28-31-32-35-36-39-42-45-48-51-54-57-63(72)79-60-62(81-64(73)58-55-52-49-46-43-40-37-33-29-26-23-20-17-14-11-8-5-2)61-80-71-69(67(76)66(75)68(83-71)70(77)78)82-65(74)59-56-53-50-47-44-41-38-34-30-27-24-21-18-15-12-9-6-3/h8-9,11-12,17-18,20-21,26-27,29-30,38,41,47,50,62,66-69,71,75-76H,4-7,10,13-16,19,22-25,28,31-37,39-40,42-46,48-49,51-61H2,1-3H3,(H,77,78)/b11-8-,12-9-,20-17-,21-18-,29-26-,30-27-,41-38-,50-47-. The van der Waals surface area contributed by atoms with Gasteiger partial charge in [-0.3, -0.25) is 14.4 Å². The largest absolute Gasteiger partial charge is 0.479 e. The van der Waals surface area contributed by atoms with Crippen LogP contribution in [0.3, 0.4) is 0 Å². The molecule has 0 bridgehead atoms. The molecule has 1 aliphatic rings. The average Bonchev–Trinajstić information content (AvgIpc) is 3.55. The highest BCUT2D eigenvalue weighted by Gasteiger charge is 2.50. The molecule has 6 atom stereocenters. The van der Waals surface area contributed by atoms with Crippen molar-refractivity contribution in [2.75, 3.05) is 13.2 Å². The number of carbonyl (C=O) groups is 4. The third-order valence-electron chi connectivity index (χ3n) is 14.7. The van der Waals surface area contributed by atoms with Gasteiger partial charge in [0.2, 0.25) is 0 Å². The first kappa shape index (κ1) is 76.7. The van der Waals surface area contributed by atoms with Gasteiger partial charge in [0, 0.05) is 19.3 Å². The summed E-state index contributed by atoms with van der Waals surface area (Å²) in [6.07, 6.45) is 65.1. The van der Waals surface area contributed by atoms with Crippen molar-refractivity contribution in [3.05, 3.63) is 97.2 Å². The molecule has 1 aliphatic heterocycles. The molecule has 0 aliphatic carbocycles. The number of hydrogen-bond acceptors (Lipinski definition) is 11. The Balaban J connectivity index is 2.68. The molecule has 0 amide bonds. The van der Waals surface area contributed by atoms with Gasteiger partial charge in [-0.2, -0.15) is 0 Å². The number of rotatable bonds is 56. The summed E-state index contributed by atoms with van der Waals surface area (Å²) < 4.78 is 28.5. The van der Waals surface area contributed by atoms with E-state index in [0.717, 1.165) is 116 Å². The molecular weight excluding hydrogens is 1040 g/mol. The first-order valence-electron chi connectivity index (χ1n) is 33.2. The predicted molar refractivity (Wildman–Crippen MR) is 340 cm³/mol. The minimum atomic E-state index is -1.93. The Labute approximate surface area is 504 Å². The fraction of sp³-hybridized carbons (Fsp3) is 0.718. The minimum Gasteiger partial charge on any atom is -0.479 e. The van der Waals surface area contributed by atoms with Crippen LogP contribution in [0.5, 0.6) is 0 Å². The molecule has 12 heteroatoms. The van der Waals surface area contributed by atoms with Crippen molar-refractivity contribution in [3.8, 4) is 0 Å². The van der Waals surface area contributed by atoms with Crippen molar-refractivity contribution in [2.24, 2.45) is 0 Å². The molecule has 0 aromatic carbocycles. The van der Waals surface area contributed by atoms with E-state index in [0.29, 0.717) is 25.7 Å². The van der Waals surface area contributed by atoms with Crippen molar-refractivity contribution in [1.82, 2.24) is 0 Å². The smallest absolute Gasteiger partial charge is 0.335 e. The quantitative estimate of drug-likeness (QED) is 0.0228. The molecule has 0 spiro atoms. The summed E-state index contributed by atoms with van der Waals surface area (Å²) >= 11 is 0. The Bertz CT molecular complexity index is 1810. The fourth-order valence-corrected chi connectivity index (χ4v) is 9.65. The van der Waals surface area contributed by atoms with E-state index in [1.807, 2.05) is 12.2 Å². The van der Waals surface area contributed by atoms with Crippen LogP contribution in [0.1, 0.15) is 278 Å². The van der Waals surface area contributed by atoms with Gasteiger partial charge in [-0.25, -0.2) is 4.79 Å². The second-order valence-corrected chi connectivity index (χ2v) is 22.3. The number of aliphatic hydroxyl groups is 2. The van der Waals surface area contributed by atoms with Gasteiger partial charge in [0.15, 0.2) is 24.6 Å². The van der Waals surface area contributed by atoms with Crippen molar-refractivity contribution in [2.45, 2.75) is 314 Å². The number of aliphatic hydroxyl groups excluding tert-OH is 2. The van der Waals surface area contributed by atoms with Crippen LogP contribution >= 0.6 is 0 Å². The topological polar surface area (TPSA) is 175 Å². The second-order valence-electron chi connectivity index (χ2n) is 22.3. The maximum atomic E-state index is 13.2. The molecule has 6 unspecified atom stereocenters. The molecule has 0 radical (unpaired) electrons. The molecule has 83 heavy (non-hydrogen) atoms. The molecule has 3 N–H and O–H groups in total. The zero-order chi connectivity index (χ0) is 60.3. The van der Waals surface area contributed by atoms with Gasteiger partial charge in [0.05, 0.1) is 6.61 Å². The number of unbranched alkanes of at least 4 members (excludes halogenated alkanes) is 26. The predicted octanol–water partition coefficient (Wildman–Crippen LogP) is 18.0. The van der Waals surface area contributed by atoms with E-state index in [4.69, 9.17) is 23.7 Å².